The van der Waals surface area contributed by atoms with Gasteiger partial charge in [0.05, 0.1) is 12.1 Å². The van der Waals surface area contributed by atoms with E-state index in [1.54, 1.807) is 23.1 Å². The molecule has 0 aromatic heterocycles. The Labute approximate surface area is 235 Å². The van der Waals surface area contributed by atoms with Gasteiger partial charge in [-0.1, -0.05) is 60.1 Å². The first-order valence-corrected chi connectivity index (χ1v) is 14.7. The summed E-state index contributed by atoms with van der Waals surface area (Å²) < 4.78 is 43.3. The lowest BCUT2D eigenvalue weighted by molar-refractivity contribution is 0.0204. The van der Waals surface area contributed by atoms with Gasteiger partial charge in [-0.05, 0) is 75.3 Å². The Morgan fingerprint density at radius 3 is 2.23 bits per heavy atom. The van der Waals surface area contributed by atoms with E-state index < -0.39 is 15.7 Å². The molecule has 0 unspecified atom stereocenters. The Morgan fingerprint density at radius 1 is 0.974 bits per heavy atom. The third kappa shape index (κ3) is 7.05. The molecule has 0 radical (unpaired) electrons. The van der Waals surface area contributed by atoms with E-state index in [9.17, 15) is 13.2 Å². The number of carbonyl (C=O) groups excluding carboxylic acids is 1. The maximum absolute atomic E-state index is 13.2. The summed E-state index contributed by atoms with van der Waals surface area (Å²) >= 11 is 6.16. The van der Waals surface area contributed by atoms with Gasteiger partial charge in [0, 0.05) is 18.7 Å². The first kappa shape index (κ1) is 28.8. The van der Waals surface area contributed by atoms with Gasteiger partial charge in [0.1, 0.15) is 10.5 Å². The Morgan fingerprint density at radius 2 is 1.62 bits per heavy atom. The third-order valence-electron chi connectivity index (χ3n) is 6.55. The van der Waals surface area contributed by atoms with E-state index >= 15 is 0 Å². The topological polar surface area (TPSA) is 82.1 Å². The monoisotopic (exact) mass is 571 g/mol. The molecule has 1 saturated heterocycles. The molecule has 1 aliphatic rings. The van der Waals surface area contributed by atoms with Crippen molar-refractivity contribution in [3.63, 3.8) is 0 Å². The van der Waals surface area contributed by atoms with E-state index in [1.165, 1.54) is 19.2 Å². The minimum Gasteiger partial charge on any atom is -0.492 e. The van der Waals surface area contributed by atoms with Gasteiger partial charge in [-0.2, -0.15) is 8.42 Å². The number of carbonyl (C=O) groups is 1. The molecule has 0 spiro atoms. The standard InChI is InChI=1S/C30H34ClNO6S/c1-30(2,3)37-29(33)32-18-16-22(17-19-32)27-23(20-21-10-6-5-7-11-21)14-15-25(28(27)36-4)38-39(34,35)26-13-9-8-12-24(26)31/h5-15,22H,16-20H2,1-4H3. The van der Waals surface area contributed by atoms with Crippen LogP contribution >= 0.6 is 11.6 Å². The fourth-order valence-corrected chi connectivity index (χ4v) is 6.23. The molecule has 9 heteroatoms. The molecule has 1 aliphatic heterocycles. The maximum Gasteiger partial charge on any atom is 0.410 e. The number of likely N-dealkylation sites (tertiary alicyclic amines) is 1. The van der Waals surface area contributed by atoms with E-state index in [0.29, 0.717) is 38.1 Å². The largest absolute Gasteiger partial charge is 0.492 e. The molecule has 0 aliphatic carbocycles. The zero-order valence-electron chi connectivity index (χ0n) is 22.6. The van der Waals surface area contributed by atoms with Crippen molar-refractivity contribution in [3.8, 4) is 11.5 Å². The Balaban J connectivity index is 1.69. The number of benzene rings is 3. The Hall–Kier alpha value is -3.23. The number of hydrogen-bond acceptors (Lipinski definition) is 6. The summed E-state index contributed by atoms with van der Waals surface area (Å²) in [5.41, 5.74) is 2.44. The van der Waals surface area contributed by atoms with Crippen LogP contribution < -0.4 is 8.92 Å². The normalized spacial score (nSPS) is 14.6. The molecule has 0 N–H and O–H groups in total. The maximum atomic E-state index is 13.2. The van der Waals surface area contributed by atoms with Crippen molar-refractivity contribution in [2.24, 2.45) is 0 Å². The number of piperidine rings is 1. The van der Waals surface area contributed by atoms with Crippen molar-refractivity contribution in [1.29, 1.82) is 0 Å². The molecule has 1 fully saturated rings. The number of nitrogens with zero attached hydrogens (tertiary/aromatic N) is 1. The molecule has 39 heavy (non-hydrogen) atoms. The van der Waals surface area contributed by atoms with Crippen molar-refractivity contribution in [2.75, 3.05) is 20.2 Å². The fourth-order valence-electron chi connectivity index (χ4n) is 4.80. The first-order valence-electron chi connectivity index (χ1n) is 12.9. The van der Waals surface area contributed by atoms with E-state index in [1.807, 2.05) is 57.2 Å². The zero-order valence-corrected chi connectivity index (χ0v) is 24.2. The van der Waals surface area contributed by atoms with Crippen LogP contribution in [0.2, 0.25) is 5.02 Å². The van der Waals surface area contributed by atoms with Crippen LogP contribution in [0.15, 0.2) is 71.6 Å². The van der Waals surface area contributed by atoms with Gasteiger partial charge >= 0.3 is 16.2 Å². The third-order valence-corrected chi connectivity index (χ3v) is 8.29. The molecule has 208 valence electrons. The van der Waals surface area contributed by atoms with Crippen molar-refractivity contribution in [2.45, 2.75) is 56.4 Å². The number of hydrogen-bond donors (Lipinski definition) is 0. The number of rotatable bonds is 7. The van der Waals surface area contributed by atoms with E-state index in [-0.39, 0.29) is 27.7 Å². The van der Waals surface area contributed by atoms with Crippen LogP contribution in [0, 0.1) is 0 Å². The number of halogens is 1. The highest BCUT2D eigenvalue weighted by molar-refractivity contribution is 7.87. The fraction of sp³-hybridized carbons (Fsp3) is 0.367. The second-order valence-corrected chi connectivity index (χ2v) is 12.5. The van der Waals surface area contributed by atoms with Crippen molar-refractivity contribution < 1.29 is 26.9 Å². The van der Waals surface area contributed by atoms with Gasteiger partial charge in [-0.25, -0.2) is 4.79 Å². The predicted octanol–water partition coefficient (Wildman–Crippen LogP) is 6.82. The molecule has 1 amide bonds. The lowest BCUT2D eigenvalue weighted by Gasteiger charge is -2.35. The second-order valence-electron chi connectivity index (χ2n) is 10.5. The summed E-state index contributed by atoms with van der Waals surface area (Å²) in [6.07, 6.45) is 1.63. The smallest absolute Gasteiger partial charge is 0.410 e. The Kier molecular flexibility index (Phi) is 8.76. The van der Waals surface area contributed by atoms with E-state index in [0.717, 1.165) is 16.7 Å². The summed E-state index contributed by atoms with van der Waals surface area (Å²) in [6.45, 7) is 6.56. The van der Waals surface area contributed by atoms with Gasteiger partial charge in [0.2, 0.25) is 0 Å². The molecule has 0 atom stereocenters. The van der Waals surface area contributed by atoms with E-state index in [2.05, 4.69) is 0 Å². The zero-order chi connectivity index (χ0) is 28.2. The van der Waals surface area contributed by atoms with Crippen LogP contribution in [0.4, 0.5) is 4.79 Å². The molecule has 3 aromatic rings. The van der Waals surface area contributed by atoms with Gasteiger partial charge in [-0.15, -0.1) is 0 Å². The van der Waals surface area contributed by atoms with Crippen LogP contribution in [-0.2, 0) is 21.3 Å². The van der Waals surface area contributed by atoms with Crippen LogP contribution in [0.25, 0.3) is 0 Å². The highest BCUT2D eigenvalue weighted by Crippen LogP contribution is 2.44. The summed E-state index contributed by atoms with van der Waals surface area (Å²) in [5.74, 6) is 0.484. The van der Waals surface area contributed by atoms with Gasteiger partial charge in [-0.3, -0.25) is 0 Å². The molecular formula is C30H34ClNO6S. The molecule has 1 heterocycles. The van der Waals surface area contributed by atoms with Crippen LogP contribution in [0.1, 0.15) is 56.2 Å². The molecule has 7 nitrogen and oxygen atoms in total. The van der Waals surface area contributed by atoms with Crippen molar-refractivity contribution in [3.05, 3.63) is 88.4 Å². The highest BCUT2D eigenvalue weighted by Gasteiger charge is 2.32. The van der Waals surface area contributed by atoms with Gasteiger partial charge < -0.3 is 18.6 Å². The lowest BCUT2D eigenvalue weighted by Crippen LogP contribution is -2.41. The molecular weight excluding hydrogens is 538 g/mol. The lowest BCUT2D eigenvalue weighted by atomic mass is 9.84. The van der Waals surface area contributed by atoms with Crippen molar-refractivity contribution >= 4 is 27.8 Å². The van der Waals surface area contributed by atoms with Crippen LogP contribution in [-0.4, -0.2) is 45.2 Å². The van der Waals surface area contributed by atoms with Gasteiger partial charge in [0.15, 0.2) is 11.5 Å². The average Bonchev–Trinajstić information content (AvgIpc) is 2.89. The predicted molar refractivity (Wildman–Crippen MR) is 151 cm³/mol. The minimum absolute atomic E-state index is 0.0175. The average molecular weight is 572 g/mol. The van der Waals surface area contributed by atoms with Gasteiger partial charge in [0.25, 0.3) is 0 Å². The summed E-state index contributed by atoms with van der Waals surface area (Å²) in [5, 5.41) is 0.0758. The first-order chi connectivity index (χ1) is 18.5. The minimum atomic E-state index is -4.21. The SMILES string of the molecule is COc1c(OS(=O)(=O)c2ccccc2Cl)ccc(Cc2ccccc2)c1C1CCN(C(=O)OC(C)(C)C)CC1. The molecule has 0 bridgehead atoms. The number of methoxy groups -OCH3 is 1. The highest BCUT2D eigenvalue weighted by atomic mass is 35.5. The van der Waals surface area contributed by atoms with E-state index in [4.69, 9.17) is 25.3 Å². The quantitative estimate of drug-likeness (QED) is 0.289. The molecule has 3 aromatic carbocycles. The number of amides is 1. The molecule has 0 saturated carbocycles. The number of ether oxygens (including phenoxy) is 2. The Bertz CT molecular complexity index is 1410. The van der Waals surface area contributed by atoms with Crippen molar-refractivity contribution in [1.82, 2.24) is 4.90 Å². The summed E-state index contributed by atoms with van der Waals surface area (Å²) in [4.78, 5) is 14.2. The molecule has 4 rings (SSSR count). The summed E-state index contributed by atoms with van der Waals surface area (Å²) in [6, 6.07) is 19.7. The van der Waals surface area contributed by atoms with Crippen LogP contribution in [0.3, 0.4) is 0 Å². The second kappa shape index (κ2) is 11.9. The summed E-state index contributed by atoms with van der Waals surface area (Å²) in [7, 11) is -2.70. The van der Waals surface area contributed by atoms with Crippen LogP contribution in [0.5, 0.6) is 11.5 Å².